The highest BCUT2D eigenvalue weighted by atomic mass is 32.2. The van der Waals surface area contributed by atoms with Crippen molar-refractivity contribution in [3.63, 3.8) is 0 Å². The van der Waals surface area contributed by atoms with E-state index in [1.54, 1.807) is 18.9 Å². The fraction of sp³-hybridized carbons (Fsp3) is 0.727. The normalized spacial score (nSPS) is 10.8. The molecule has 0 saturated heterocycles. The van der Waals surface area contributed by atoms with E-state index in [0.29, 0.717) is 19.0 Å². The van der Waals surface area contributed by atoms with Crippen LogP contribution in [0.3, 0.4) is 0 Å². The number of methoxy groups -OCH3 is 1. The third kappa shape index (κ3) is 5.43. The standard InChI is InChI=1S/C11H21N3O2S2/c1-15-7-8-16-6-4-3-5-13-11-9(17-2)10(12)14-18-11/h13H,3-8H2,1-2H3,(H2,12,14). The highest BCUT2D eigenvalue weighted by Gasteiger charge is 2.09. The first kappa shape index (κ1) is 15.6. The van der Waals surface area contributed by atoms with Crippen molar-refractivity contribution in [2.75, 3.05) is 50.8 Å². The van der Waals surface area contributed by atoms with E-state index in [1.165, 1.54) is 11.5 Å². The molecule has 0 amide bonds. The van der Waals surface area contributed by atoms with Gasteiger partial charge in [-0.1, -0.05) is 0 Å². The second kappa shape index (κ2) is 9.43. The summed E-state index contributed by atoms with van der Waals surface area (Å²) in [6.07, 6.45) is 4.12. The van der Waals surface area contributed by atoms with Crippen molar-refractivity contribution >= 4 is 34.1 Å². The van der Waals surface area contributed by atoms with Gasteiger partial charge in [-0.2, -0.15) is 4.37 Å². The van der Waals surface area contributed by atoms with Crippen LogP contribution in [0.25, 0.3) is 0 Å². The third-order valence-corrected chi connectivity index (χ3v) is 4.08. The summed E-state index contributed by atoms with van der Waals surface area (Å²) in [5.74, 6) is 0.623. The molecule has 18 heavy (non-hydrogen) atoms. The summed E-state index contributed by atoms with van der Waals surface area (Å²) < 4.78 is 14.4. The predicted octanol–water partition coefficient (Wildman–Crippen LogP) is 2.30. The van der Waals surface area contributed by atoms with Crippen LogP contribution < -0.4 is 11.1 Å². The maximum Gasteiger partial charge on any atom is 0.153 e. The molecule has 0 bridgehead atoms. The molecule has 0 aliphatic rings. The number of hydrogen-bond donors (Lipinski definition) is 2. The van der Waals surface area contributed by atoms with Gasteiger partial charge in [0.15, 0.2) is 5.82 Å². The van der Waals surface area contributed by atoms with Crippen LogP contribution in [0.4, 0.5) is 10.8 Å². The molecule has 5 nitrogen and oxygen atoms in total. The molecular weight excluding hydrogens is 270 g/mol. The lowest BCUT2D eigenvalue weighted by Crippen LogP contribution is -2.06. The van der Waals surface area contributed by atoms with Crippen LogP contribution in [0.2, 0.25) is 0 Å². The average molecular weight is 291 g/mol. The van der Waals surface area contributed by atoms with Crippen LogP contribution in [0, 0.1) is 0 Å². The highest BCUT2D eigenvalue weighted by molar-refractivity contribution is 7.99. The fourth-order valence-corrected chi connectivity index (χ4v) is 2.95. The molecule has 0 radical (unpaired) electrons. The number of ether oxygens (including phenoxy) is 2. The molecule has 1 aromatic heterocycles. The van der Waals surface area contributed by atoms with Gasteiger partial charge in [0.2, 0.25) is 0 Å². The van der Waals surface area contributed by atoms with Crippen LogP contribution in [0.15, 0.2) is 4.90 Å². The molecule has 3 N–H and O–H groups in total. The molecule has 0 atom stereocenters. The van der Waals surface area contributed by atoms with Crippen molar-refractivity contribution in [2.24, 2.45) is 0 Å². The molecule has 0 aliphatic heterocycles. The number of nitrogens with one attached hydrogen (secondary N) is 1. The Morgan fingerprint density at radius 2 is 2.17 bits per heavy atom. The smallest absolute Gasteiger partial charge is 0.153 e. The van der Waals surface area contributed by atoms with E-state index >= 15 is 0 Å². The maximum atomic E-state index is 5.76. The fourth-order valence-electron chi connectivity index (χ4n) is 1.38. The number of nitrogens with zero attached hydrogens (tertiary/aromatic N) is 1. The third-order valence-electron chi connectivity index (χ3n) is 2.31. The van der Waals surface area contributed by atoms with Crippen molar-refractivity contribution in [1.29, 1.82) is 0 Å². The topological polar surface area (TPSA) is 69.4 Å². The lowest BCUT2D eigenvalue weighted by Gasteiger charge is -2.06. The van der Waals surface area contributed by atoms with E-state index in [0.717, 1.165) is 35.9 Å². The Balaban J connectivity index is 2.07. The van der Waals surface area contributed by atoms with E-state index in [1.807, 2.05) is 6.26 Å². The van der Waals surface area contributed by atoms with Crippen molar-refractivity contribution < 1.29 is 9.47 Å². The summed E-state index contributed by atoms with van der Waals surface area (Å²) >= 11 is 3.05. The molecule has 1 rings (SSSR count). The summed E-state index contributed by atoms with van der Waals surface area (Å²) in [7, 11) is 1.68. The molecule has 7 heteroatoms. The van der Waals surface area contributed by atoms with Crippen LogP contribution >= 0.6 is 23.3 Å². The van der Waals surface area contributed by atoms with Crippen LogP contribution in [0.5, 0.6) is 0 Å². The van der Waals surface area contributed by atoms with E-state index in [2.05, 4.69) is 9.69 Å². The monoisotopic (exact) mass is 291 g/mol. The summed E-state index contributed by atoms with van der Waals surface area (Å²) in [5.41, 5.74) is 5.76. The molecule has 0 saturated carbocycles. The highest BCUT2D eigenvalue weighted by Crippen LogP contribution is 2.34. The number of nitrogen functional groups attached to an aromatic ring is 1. The molecule has 0 aromatic carbocycles. The van der Waals surface area contributed by atoms with E-state index in [4.69, 9.17) is 15.2 Å². The van der Waals surface area contributed by atoms with E-state index in [-0.39, 0.29) is 0 Å². The Hall–Kier alpha value is -0.500. The SMILES string of the molecule is COCCOCCCCNc1snc(N)c1SC. The Morgan fingerprint density at radius 1 is 1.33 bits per heavy atom. The number of unbranched alkanes of at least 4 members (excludes halogenated alkanes) is 1. The molecule has 0 spiro atoms. The minimum absolute atomic E-state index is 0.623. The number of nitrogens with two attached hydrogens (primary N) is 1. The number of anilines is 2. The predicted molar refractivity (Wildman–Crippen MR) is 78.7 cm³/mol. The second-order valence-corrected chi connectivity index (χ2v) is 5.26. The number of rotatable bonds is 10. The van der Waals surface area contributed by atoms with Crippen molar-refractivity contribution in [2.45, 2.75) is 17.7 Å². The zero-order chi connectivity index (χ0) is 13.2. The van der Waals surface area contributed by atoms with Gasteiger partial charge in [0, 0.05) is 20.3 Å². The second-order valence-electron chi connectivity index (χ2n) is 3.67. The first-order chi connectivity index (χ1) is 8.79. The first-order valence-electron chi connectivity index (χ1n) is 5.89. The van der Waals surface area contributed by atoms with Gasteiger partial charge in [0.05, 0.1) is 18.1 Å². The molecule has 104 valence electrons. The quantitative estimate of drug-likeness (QED) is 0.509. The zero-order valence-electron chi connectivity index (χ0n) is 10.9. The number of aromatic nitrogens is 1. The largest absolute Gasteiger partial charge is 0.382 e. The Bertz CT molecular complexity index is 334. The van der Waals surface area contributed by atoms with Gasteiger partial charge in [0.1, 0.15) is 5.00 Å². The zero-order valence-corrected chi connectivity index (χ0v) is 12.5. The molecule has 0 unspecified atom stereocenters. The number of hydrogen-bond acceptors (Lipinski definition) is 7. The van der Waals surface area contributed by atoms with Crippen LogP contribution in [0.1, 0.15) is 12.8 Å². The minimum atomic E-state index is 0.623. The Labute approximate surface area is 117 Å². The summed E-state index contributed by atoms with van der Waals surface area (Å²) in [4.78, 5) is 1.05. The molecule has 0 aliphatic carbocycles. The Kier molecular flexibility index (Phi) is 8.15. The Morgan fingerprint density at radius 3 is 2.89 bits per heavy atom. The van der Waals surface area contributed by atoms with Gasteiger partial charge in [-0.25, -0.2) is 0 Å². The summed E-state index contributed by atoms with van der Waals surface area (Å²) in [6.45, 7) is 3.04. The maximum absolute atomic E-state index is 5.76. The van der Waals surface area contributed by atoms with Gasteiger partial charge < -0.3 is 20.5 Å². The van der Waals surface area contributed by atoms with Gasteiger partial charge in [-0.3, -0.25) is 0 Å². The molecule has 1 aromatic rings. The molecule has 1 heterocycles. The van der Waals surface area contributed by atoms with Gasteiger partial charge in [-0.05, 0) is 30.6 Å². The minimum Gasteiger partial charge on any atom is -0.382 e. The average Bonchev–Trinajstić information content (AvgIpc) is 2.73. The van der Waals surface area contributed by atoms with E-state index < -0.39 is 0 Å². The van der Waals surface area contributed by atoms with E-state index in [9.17, 15) is 0 Å². The molecular formula is C11H21N3O2S2. The van der Waals surface area contributed by atoms with Crippen molar-refractivity contribution in [3.05, 3.63) is 0 Å². The van der Waals surface area contributed by atoms with Gasteiger partial charge in [-0.15, -0.1) is 11.8 Å². The summed E-state index contributed by atoms with van der Waals surface area (Å²) in [5, 5.41) is 4.43. The summed E-state index contributed by atoms with van der Waals surface area (Å²) in [6, 6.07) is 0. The number of thioether (sulfide) groups is 1. The lowest BCUT2D eigenvalue weighted by atomic mass is 10.3. The van der Waals surface area contributed by atoms with Crippen molar-refractivity contribution in [3.8, 4) is 0 Å². The molecule has 0 fully saturated rings. The lowest BCUT2D eigenvalue weighted by molar-refractivity contribution is 0.0691. The van der Waals surface area contributed by atoms with Gasteiger partial charge in [0.25, 0.3) is 0 Å². The van der Waals surface area contributed by atoms with Crippen LogP contribution in [-0.4, -0.2) is 44.1 Å². The van der Waals surface area contributed by atoms with Crippen molar-refractivity contribution in [1.82, 2.24) is 4.37 Å². The van der Waals surface area contributed by atoms with Crippen LogP contribution in [-0.2, 0) is 9.47 Å². The first-order valence-corrected chi connectivity index (χ1v) is 7.89. The van der Waals surface area contributed by atoms with Gasteiger partial charge >= 0.3 is 0 Å².